The summed E-state index contributed by atoms with van der Waals surface area (Å²) >= 11 is 13.5. The van der Waals surface area contributed by atoms with Crippen LogP contribution in [0.3, 0.4) is 0 Å². The molecule has 0 atom stereocenters. The van der Waals surface area contributed by atoms with E-state index in [1.54, 1.807) is 24.5 Å². The number of thiophene rings is 1. The van der Waals surface area contributed by atoms with E-state index >= 15 is 0 Å². The molecule has 0 saturated carbocycles. The number of nitrogens with two attached hydrogens (primary N) is 1. The number of nitrogens with zero attached hydrogens (tertiary/aromatic N) is 1. The van der Waals surface area contributed by atoms with Gasteiger partial charge in [0.25, 0.3) is 5.91 Å². The van der Waals surface area contributed by atoms with Crippen molar-refractivity contribution >= 4 is 62.0 Å². The molecule has 0 aliphatic rings. The van der Waals surface area contributed by atoms with Crippen LogP contribution in [0.2, 0.25) is 10.0 Å². The summed E-state index contributed by atoms with van der Waals surface area (Å²) < 4.78 is 5.67. The second-order valence-corrected chi connectivity index (χ2v) is 9.27. The van der Waals surface area contributed by atoms with E-state index in [0.29, 0.717) is 42.3 Å². The molecule has 2 aromatic carbocycles. The van der Waals surface area contributed by atoms with Gasteiger partial charge in [0.05, 0.1) is 17.6 Å². The number of hydrogen-bond donors (Lipinski definition) is 2. The van der Waals surface area contributed by atoms with Crippen molar-refractivity contribution < 1.29 is 9.21 Å². The summed E-state index contributed by atoms with van der Waals surface area (Å²) in [7, 11) is 0. The smallest absolute Gasteiger partial charge is 0.267 e. The Kier molecular flexibility index (Phi) is 5.58. The van der Waals surface area contributed by atoms with Gasteiger partial charge in [-0.05, 0) is 55.0 Å². The number of nitrogen functional groups attached to an aromatic ring is 1. The summed E-state index contributed by atoms with van der Waals surface area (Å²) in [4.78, 5) is 19.0. The van der Waals surface area contributed by atoms with Crippen molar-refractivity contribution in [2.24, 2.45) is 0 Å². The van der Waals surface area contributed by atoms with Crippen LogP contribution in [0.15, 0.2) is 71.3 Å². The van der Waals surface area contributed by atoms with Crippen molar-refractivity contribution in [3.8, 4) is 22.6 Å². The molecule has 0 radical (unpaired) electrons. The Hall–Kier alpha value is -3.32. The van der Waals surface area contributed by atoms with Crippen molar-refractivity contribution in [1.82, 2.24) is 4.98 Å². The van der Waals surface area contributed by atoms with Crippen LogP contribution in [0, 0.1) is 6.92 Å². The lowest BCUT2D eigenvalue weighted by atomic mass is 10.0. The molecule has 0 fully saturated rings. The van der Waals surface area contributed by atoms with Gasteiger partial charge in [-0.2, -0.15) is 0 Å². The van der Waals surface area contributed by atoms with Gasteiger partial charge in [0.15, 0.2) is 0 Å². The van der Waals surface area contributed by atoms with E-state index in [-0.39, 0.29) is 5.91 Å². The fraction of sp³-hybridized carbons (Fsp3) is 0.0400. The Morgan fingerprint density at radius 1 is 1.09 bits per heavy atom. The lowest BCUT2D eigenvalue weighted by Gasteiger charge is -2.09. The van der Waals surface area contributed by atoms with E-state index in [1.807, 2.05) is 49.4 Å². The average molecular weight is 494 g/mol. The normalized spacial score (nSPS) is 11.1. The number of halogens is 2. The van der Waals surface area contributed by atoms with Crippen LogP contribution in [0.4, 0.5) is 11.4 Å². The third-order valence-electron chi connectivity index (χ3n) is 5.35. The van der Waals surface area contributed by atoms with E-state index in [4.69, 9.17) is 38.3 Å². The molecule has 0 aliphatic carbocycles. The van der Waals surface area contributed by atoms with Gasteiger partial charge in [-0.15, -0.1) is 11.3 Å². The predicted octanol–water partition coefficient (Wildman–Crippen LogP) is 7.67. The Morgan fingerprint density at radius 2 is 1.88 bits per heavy atom. The SMILES string of the molecule is Cc1c(Cl)cccc1NC(=O)c1sc2nc(-c3ccc(Cl)cc3)cc(-c3ccco3)c2c1N. The number of aromatic nitrogens is 1. The van der Waals surface area contributed by atoms with Crippen LogP contribution in [0.25, 0.3) is 32.8 Å². The molecule has 5 nitrogen and oxygen atoms in total. The number of nitrogens with one attached hydrogen (secondary N) is 1. The van der Waals surface area contributed by atoms with Gasteiger partial charge in [-0.25, -0.2) is 4.98 Å². The first-order valence-electron chi connectivity index (χ1n) is 10.0. The molecule has 0 aliphatic heterocycles. The van der Waals surface area contributed by atoms with Crippen LogP contribution in [0.1, 0.15) is 15.2 Å². The van der Waals surface area contributed by atoms with Crippen LogP contribution in [-0.4, -0.2) is 10.9 Å². The summed E-state index contributed by atoms with van der Waals surface area (Å²) in [6, 6.07) is 18.4. The Balaban J connectivity index is 1.65. The van der Waals surface area contributed by atoms with Crippen molar-refractivity contribution in [2.45, 2.75) is 6.92 Å². The fourth-order valence-corrected chi connectivity index (χ4v) is 4.92. The number of pyridine rings is 1. The quantitative estimate of drug-likeness (QED) is 0.269. The number of furan rings is 1. The van der Waals surface area contributed by atoms with E-state index in [1.165, 1.54) is 11.3 Å². The Bertz CT molecular complexity index is 1490. The van der Waals surface area contributed by atoms with Crippen molar-refractivity contribution in [1.29, 1.82) is 0 Å². The monoisotopic (exact) mass is 493 g/mol. The summed E-state index contributed by atoms with van der Waals surface area (Å²) in [5.41, 5.74) is 10.7. The number of amides is 1. The standard InChI is InChI=1S/C25H17Cl2N3O2S/c1-13-17(27)4-2-5-18(13)29-24(31)23-22(28)21-16(20-6-3-11-32-20)12-19(30-25(21)33-23)14-7-9-15(26)10-8-14/h2-12H,28H2,1H3,(H,29,31). The average Bonchev–Trinajstić information content (AvgIpc) is 3.45. The molecule has 3 aromatic heterocycles. The number of anilines is 2. The van der Waals surface area contributed by atoms with Crippen LogP contribution in [0.5, 0.6) is 0 Å². The third-order valence-corrected chi connectivity index (χ3v) is 7.11. The molecule has 5 aromatic rings. The number of carbonyl (C=O) groups is 1. The second-order valence-electron chi connectivity index (χ2n) is 7.43. The van der Waals surface area contributed by atoms with Crippen LogP contribution in [-0.2, 0) is 0 Å². The summed E-state index contributed by atoms with van der Waals surface area (Å²) in [6.07, 6.45) is 1.60. The van der Waals surface area contributed by atoms with Gasteiger partial charge in [-0.3, -0.25) is 4.79 Å². The minimum Gasteiger partial charge on any atom is -0.464 e. The number of fused-ring (bicyclic) bond motifs is 1. The second kappa shape index (κ2) is 8.56. The van der Waals surface area contributed by atoms with E-state index in [2.05, 4.69) is 5.32 Å². The van der Waals surface area contributed by atoms with Crippen molar-refractivity contribution in [3.05, 3.63) is 87.4 Å². The van der Waals surface area contributed by atoms with Crippen LogP contribution >= 0.6 is 34.5 Å². The number of hydrogen-bond acceptors (Lipinski definition) is 5. The highest BCUT2D eigenvalue weighted by Crippen LogP contribution is 2.42. The summed E-state index contributed by atoms with van der Waals surface area (Å²) in [6.45, 7) is 1.85. The first kappa shape index (κ1) is 21.5. The highest BCUT2D eigenvalue weighted by molar-refractivity contribution is 7.21. The molecule has 164 valence electrons. The molecule has 3 heterocycles. The number of benzene rings is 2. The molecule has 5 rings (SSSR count). The zero-order valence-electron chi connectivity index (χ0n) is 17.4. The lowest BCUT2D eigenvalue weighted by Crippen LogP contribution is -2.12. The predicted molar refractivity (Wildman–Crippen MR) is 136 cm³/mol. The van der Waals surface area contributed by atoms with Crippen molar-refractivity contribution in [3.63, 3.8) is 0 Å². The van der Waals surface area contributed by atoms with Gasteiger partial charge in [0, 0.05) is 32.2 Å². The van der Waals surface area contributed by atoms with E-state index in [0.717, 1.165) is 22.4 Å². The Morgan fingerprint density at radius 3 is 2.61 bits per heavy atom. The first-order valence-corrected chi connectivity index (χ1v) is 11.6. The maximum absolute atomic E-state index is 13.2. The summed E-state index contributed by atoms with van der Waals surface area (Å²) in [5.74, 6) is 0.319. The highest BCUT2D eigenvalue weighted by Gasteiger charge is 2.23. The lowest BCUT2D eigenvalue weighted by molar-refractivity contribution is 0.103. The number of carbonyl (C=O) groups excluding carboxylic acids is 1. The van der Waals surface area contributed by atoms with Gasteiger partial charge >= 0.3 is 0 Å². The van der Waals surface area contributed by atoms with E-state index < -0.39 is 0 Å². The minimum atomic E-state index is -0.320. The molecule has 0 spiro atoms. The molecular weight excluding hydrogens is 477 g/mol. The van der Waals surface area contributed by atoms with Crippen LogP contribution < -0.4 is 11.1 Å². The van der Waals surface area contributed by atoms with Gasteiger partial charge in [-0.1, -0.05) is 41.4 Å². The van der Waals surface area contributed by atoms with E-state index in [9.17, 15) is 4.79 Å². The van der Waals surface area contributed by atoms with Gasteiger partial charge in [0.2, 0.25) is 0 Å². The molecule has 8 heteroatoms. The zero-order chi connectivity index (χ0) is 23.1. The topological polar surface area (TPSA) is 81.2 Å². The van der Waals surface area contributed by atoms with Gasteiger partial charge in [0.1, 0.15) is 15.5 Å². The molecule has 33 heavy (non-hydrogen) atoms. The fourth-order valence-electron chi connectivity index (χ4n) is 3.61. The third kappa shape index (κ3) is 3.97. The minimum absolute atomic E-state index is 0.320. The molecular formula is C25H17Cl2N3O2S. The number of rotatable bonds is 4. The first-order chi connectivity index (χ1) is 15.9. The summed E-state index contributed by atoms with van der Waals surface area (Å²) in [5, 5.41) is 4.81. The molecule has 0 unspecified atom stereocenters. The molecule has 3 N–H and O–H groups in total. The van der Waals surface area contributed by atoms with Gasteiger partial charge < -0.3 is 15.5 Å². The Labute approximate surface area is 203 Å². The van der Waals surface area contributed by atoms with Crippen molar-refractivity contribution in [2.75, 3.05) is 11.1 Å². The largest absolute Gasteiger partial charge is 0.464 e. The maximum atomic E-state index is 13.2. The molecule has 0 bridgehead atoms. The molecule has 1 amide bonds. The highest BCUT2D eigenvalue weighted by atomic mass is 35.5. The molecule has 0 saturated heterocycles. The maximum Gasteiger partial charge on any atom is 0.267 e. The zero-order valence-corrected chi connectivity index (χ0v) is 19.7.